The van der Waals surface area contributed by atoms with E-state index in [-0.39, 0.29) is 5.92 Å². The van der Waals surface area contributed by atoms with Gasteiger partial charge in [-0.3, -0.25) is 0 Å². The van der Waals surface area contributed by atoms with Crippen LogP contribution in [0.1, 0.15) is 30.9 Å². The van der Waals surface area contributed by atoms with Gasteiger partial charge in [0.1, 0.15) is 28.6 Å². The maximum absolute atomic E-state index is 12.4. The number of fused-ring (bicyclic) bond motifs is 3. The van der Waals surface area contributed by atoms with Crippen molar-refractivity contribution in [1.29, 1.82) is 0 Å². The molecule has 1 N–H and O–H groups in total. The smallest absolute Gasteiger partial charge is 0.174 e. The van der Waals surface area contributed by atoms with Gasteiger partial charge in [0.2, 0.25) is 0 Å². The van der Waals surface area contributed by atoms with Crippen molar-refractivity contribution in [3.63, 3.8) is 0 Å². The van der Waals surface area contributed by atoms with E-state index in [0.29, 0.717) is 29.2 Å². The van der Waals surface area contributed by atoms with Crippen molar-refractivity contribution in [3.05, 3.63) is 84.0 Å². The van der Waals surface area contributed by atoms with Crippen LogP contribution in [0.4, 0.5) is 0 Å². The minimum absolute atomic E-state index is 0.127. The van der Waals surface area contributed by atoms with Crippen LogP contribution in [-0.2, 0) is 11.2 Å². The number of hydrogen-bond donors (Lipinski definition) is 1. The second-order valence-electron chi connectivity index (χ2n) is 8.12. The molecule has 4 rings (SSSR count). The third-order valence-electron chi connectivity index (χ3n) is 6.72. The van der Waals surface area contributed by atoms with Crippen molar-refractivity contribution < 1.29 is 24.1 Å². The summed E-state index contributed by atoms with van der Waals surface area (Å²) >= 11 is 0. The Labute approximate surface area is 189 Å². The molecule has 3 atom stereocenters. The summed E-state index contributed by atoms with van der Waals surface area (Å²) < 4.78 is 23.3. The Morgan fingerprint density at radius 2 is 1.81 bits per heavy atom. The van der Waals surface area contributed by atoms with Crippen molar-refractivity contribution in [2.75, 3.05) is 21.3 Å². The fraction of sp³-hybridized carbons (Fsp3) is 0.333. The summed E-state index contributed by atoms with van der Waals surface area (Å²) in [4.78, 5) is 0. The molecule has 0 amide bonds. The number of allylic oxidation sites excluding steroid dienone is 4. The van der Waals surface area contributed by atoms with Crippen molar-refractivity contribution in [2.45, 2.75) is 31.0 Å². The topological polar surface area (TPSA) is 57.2 Å². The predicted octanol–water partition coefficient (Wildman–Crippen LogP) is 5.29. The summed E-state index contributed by atoms with van der Waals surface area (Å²) in [5, 5.41) is 12.4. The van der Waals surface area contributed by atoms with Crippen molar-refractivity contribution in [2.24, 2.45) is 5.92 Å². The quantitative estimate of drug-likeness (QED) is 0.601. The minimum atomic E-state index is -1.29. The summed E-state index contributed by atoms with van der Waals surface area (Å²) in [7, 11) is 4.83. The van der Waals surface area contributed by atoms with Crippen molar-refractivity contribution in [1.82, 2.24) is 0 Å². The molecule has 0 saturated heterocycles. The Balaban J connectivity index is 1.99. The molecular weight excluding hydrogens is 404 g/mol. The molecule has 1 heterocycles. The fourth-order valence-corrected chi connectivity index (χ4v) is 5.28. The van der Waals surface area contributed by atoms with Crippen LogP contribution in [0, 0.1) is 5.92 Å². The monoisotopic (exact) mass is 434 g/mol. The molecule has 0 aromatic heterocycles. The van der Waals surface area contributed by atoms with Gasteiger partial charge in [0.15, 0.2) is 5.60 Å². The first-order valence-corrected chi connectivity index (χ1v) is 10.8. The summed E-state index contributed by atoms with van der Waals surface area (Å²) in [5.41, 5.74) is 0.191. The highest BCUT2D eigenvalue weighted by Gasteiger charge is 2.69. The van der Waals surface area contributed by atoms with Gasteiger partial charge >= 0.3 is 0 Å². The third-order valence-corrected chi connectivity index (χ3v) is 6.72. The van der Waals surface area contributed by atoms with Crippen molar-refractivity contribution >= 4 is 0 Å². The Hall–Kier alpha value is -3.18. The lowest BCUT2D eigenvalue weighted by atomic mass is 9.71. The van der Waals surface area contributed by atoms with Crippen LogP contribution in [-0.4, -0.2) is 26.4 Å². The van der Waals surface area contributed by atoms with Crippen LogP contribution in [0.25, 0.3) is 0 Å². The zero-order chi connectivity index (χ0) is 22.9. The number of ether oxygens (including phenoxy) is 4. The zero-order valence-electron chi connectivity index (χ0n) is 19.1. The molecule has 32 heavy (non-hydrogen) atoms. The van der Waals surface area contributed by atoms with E-state index < -0.39 is 11.2 Å². The van der Waals surface area contributed by atoms with Crippen LogP contribution < -0.4 is 18.9 Å². The Morgan fingerprint density at radius 3 is 2.41 bits per heavy atom. The van der Waals surface area contributed by atoms with E-state index in [9.17, 15) is 5.11 Å². The van der Waals surface area contributed by atoms with Gasteiger partial charge in [0.05, 0.1) is 26.9 Å². The molecule has 0 bridgehead atoms. The van der Waals surface area contributed by atoms with Crippen LogP contribution in [0.3, 0.4) is 0 Å². The van der Waals surface area contributed by atoms with Gasteiger partial charge in [0, 0.05) is 18.1 Å². The van der Waals surface area contributed by atoms with Gasteiger partial charge in [-0.15, -0.1) is 0 Å². The fourth-order valence-electron chi connectivity index (χ4n) is 5.28. The van der Waals surface area contributed by atoms with E-state index in [1.165, 1.54) is 0 Å². The highest BCUT2D eigenvalue weighted by Crippen LogP contribution is 2.67. The molecule has 5 nitrogen and oxygen atoms in total. The second kappa shape index (κ2) is 8.40. The normalized spacial score (nSPS) is 26.4. The summed E-state index contributed by atoms with van der Waals surface area (Å²) in [6.07, 6.45) is 9.10. The summed E-state index contributed by atoms with van der Waals surface area (Å²) in [5.74, 6) is 2.34. The molecule has 168 valence electrons. The molecule has 1 aliphatic carbocycles. The van der Waals surface area contributed by atoms with Crippen molar-refractivity contribution in [3.8, 4) is 23.0 Å². The lowest BCUT2D eigenvalue weighted by molar-refractivity contribution is -0.112. The molecule has 2 aliphatic rings. The summed E-state index contributed by atoms with van der Waals surface area (Å²) in [6, 6.07) is 11.3. The number of rotatable bonds is 7. The molecule has 2 aromatic rings. The molecule has 0 spiro atoms. The van der Waals surface area contributed by atoms with Gasteiger partial charge < -0.3 is 24.1 Å². The maximum atomic E-state index is 12.4. The maximum Gasteiger partial charge on any atom is 0.174 e. The molecule has 1 aliphatic heterocycles. The molecule has 5 heteroatoms. The average molecular weight is 435 g/mol. The molecule has 0 radical (unpaired) electrons. The Kier molecular flexibility index (Phi) is 5.78. The number of methoxy groups -OCH3 is 3. The Morgan fingerprint density at radius 1 is 1.09 bits per heavy atom. The van der Waals surface area contributed by atoms with E-state index in [1.807, 2.05) is 61.6 Å². The van der Waals surface area contributed by atoms with E-state index in [0.717, 1.165) is 23.3 Å². The van der Waals surface area contributed by atoms with Crippen LogP contribution in [0.5, 0.6) is 23.0 Å². The first kappa shape index (κ1) is 22.0. The lowest BCUT2D eigenvalue weighted by Crippen LogP contribution is -2.49. The van der Waals surface area contributed by atoms with Gasteiger partial charge in [-0.1, -0.05) is 43.0 Å². The van der Waals surface area contributed by atoms with Crippen LogP contribution in [0.2, 0.25) is 0 Å². The van der Waals surface area contributed by atoms with Gasteiger partial charge in [-0.25, -0.2) is 0 Å². The summed E-state index contributed by atoms with van der Waals surface area (Å²) in [6.45, 7) is 6.03. The van der Waals surface area contributed by atoms with E-state index in [2.05, 4.69) is 6.58 Å². The number of aliphatic hydroxyl groups is 1. The standard InChI is InChI=1S/C27H30O5/c1-6-8-9-18(7-2)22-14-15-26(28)25-23(31-5)16-21(30-4)17-24(25)32-27(22,26)19-10-12-20(29-3)13-11-19/h6-13,16-17,22,28H,2,14-15H2,1,3-5H3/b8-6-,18-9+. The van der Waals surface area contributed by atoms with E-state index in [4.69, 9.17) is 18.9 Å². The van der Waals surface area contributed by atoms with Gasteiger partial charge in [-0.2, -0.15) is 0 Å². The number of hydrogen-bond acceptors (Lipinski definition) is 5. The highest BCUT2D eigenvalue weighted by atomic mass is 16.5. The molecule has 1 saturated carbocycles. The first-order valence-electron chi connectivity index (χ1n) is 10.8. The van der Waals surface area contributed by atoms with Crippen LogP contribution >= 0.6 is 0 Å². The first-order chi connectivity index (χ1) is 15.5. The number of benzene rings is 2. The third kappa shape index (κ3) is 3.03. The molecule has 1 fully saturated rings. The highest BCUT2D eigenvalue weighted by molar-refractivity contribution is 5.61. The van der Waals surface area contributed by atoms with Gasteiger partial charge in [0.25, 0.3) is 0 Å². The second-order valence-corrected chi connectivity index (χ2v) is 8.12. The van der Waals surface area contributed by atoms with E-state index in [1.54, 1.807) is 27.4 Å². The lowest BCUT2D eigenvalue weighted by Gasteiger charge is -2.40. The molecular formula is C27H30O5. The largest absolute Gasteiger partial charge is 0.497 e. The zero-order valence-corrected chi connectivity index (χ0v) is 19.1. The SMILES string of the molecule is C=C/C(=C\C=C/C)C1CCC2(O)c3c(OC)cc(OC)cc3OC12c1ccc(OC)cc1. The van der Waals surface area contributed by atoms with E-state index >= 15 is 0 Å². The predicted molar refractivity (Wildman–Crippen MR) is 125 cm³/mol. The van der Waals surface area contributed by atoms with Crippen LogP contribution in [0.15, 0.2) is 72.9 Å². The molecule has 3 unspecified atom stereocenters. The van der Waals surface area contributed by atoms with Gasteiger partial charge in [-0.05, 0) is 43.0 Å². The Bertz CT molecular complexity index is 1070. The average Bonchev–Trinajstić information content (AvgIpc) is 3.26. The minimum Gasteiger partial charge on any atom is -0.497 e. The molecule has 2 aromatic carbocycles.